The molecule has 1 saturated carbocycles. The Balaban J connectivity index is 1.78. The van der Waals surface area contributed by atoms with E-state index in [1.165, 1.54) is 0 Å². The second kappa shape index (κ2) is 10.4. The molecule has 14 nitrogen and oxygen atoms in total. The van der Waals surface area contributed by atoms with Crippen LogP contribution in [0.4, 0.5) is 0 Å². The van der Waals surface area contributed by atoms with Crippen LogP contribution < -0.4 is 22.9 Å². The van der Waals surface area contributed by atoms with Crippen molar-refractivity contribution in [2.75, 3.05) is 6.61 Å². The van der Waals surface area contributed by atoms with E-state index >= 15 is 0 Å². The summed E-state index contributed by atoms with van der Waals surface area (Å²) in [5.74, 6) is 0. The van der Waals surface area contributed by atoms with Crippen LogP contribution in [0.1, 0.15) is 13.3 Å². The molecule has 2 saturated heterocycles. The molecule has 0 bridgehead atoms. The Bertz CT molecular complexity index is 618. The van der Waals surface area contributed by atoms with Gasteiger partial charge < -0.3 is 72.5 Å². The molecule has 188 valence electrons. The molecule has 14 heteroatoms. The van der Waals surface area contributed by atoms with Gasteiger partial charge in [0.05, 0.1) is 18.8 Å². The first-order chi connectivity index (χ1) is 15.0. The molecule has 3 rings (SSSR count). The summed E-state index contributed by atoms with van der Waals surface area (Å²) in [6.07, 6.45) is -13.9. The lowest BCUT2D eigenvalue weighted by molar-refractivity contribution is -0.310. The molecule has 3 fully saturated rings. The number of rotatable bonds is 6. The highest BCUT2D eigenvalue weighted by molar-refractivity contribution is 5.01. The van der Waals surface area contributed by atoms with E-state index in [4.69, 9.17) is 41.9 Å². The minimum atomic E-state index is -1.46. The van der Waals surface area contributed by atoms with Crippen LogP contribution in [0.25, 0.3) is 0 Å². The van der Waals surface area contributed by atoms with Crippen LogP contribution in [-0.2, 0) is 18.9 Å². The number of ether oxygens (including phenoxy) is 4. The minimum Gasteiger partial charge on any atom is -0.394 e. The normalized spacial score (nSPS) is 53.3. The number of hydrogen-bond donors (Lipinski definition) is 10. The van der Waals surface area contributed by atoms with E-state index in [2.05, 4.69) is 0 Å². The van der Waals surface area contributed by atoms with E-state index in [0.717, 1.165) is 0 Å². The van der Waals surface area contributed by atoms with Crippen LogP contribution >= 0.6 is 0 Å². The molecule has 0 radical (unpaired) electrons. The SMILES string of the molecule is C[C@@H](N)[C@H]1O[C@@H](OC2C(O)[C@H](N)CC(N)[C@H]2O[C@H]2OC(CO)[C@@H](O)[C@H](O)C2N)[C@@H](O)C1O. The lowest BCUT2D eigenvalue weighted by atomic mass is 9.84. The summed E-state index contributed by atoms with van der Waals surface area (Å²) < 4.78 is 22.7. The predicted octanol–water partition coefficient (Wildman–Crippen LogP) is -6.26. The number of nitrogens with two attached hydrogens (primary N) is 4. The summed E-state index contributed by atoms with van der Waals surface area (Å²) in [5.41, 5.74) is 23.9. The zero-order valence-electron chi connectivity index (χ0n) is 17.7. The van der Waals surface area contributed by atoms with E-state index < -0.39 is 98.3 Å². The molecule has 0 aromatic carbocycles. The molecular formula is C18H36N4O10. The van der Waals surface area contributed by atoms with Gasteiger partial charge in [-0.1, -0.05) is 0 Å². The monoisotopic (exact) mass is 468 g/mol. The molecule has 0 amide bonds. The molecule has 2 aliphatic heterocycles. The Morgan fingerprint density at radius 3 is 2.00 bits per heavy atom. The van der Waals surface area contributed by atoms with Crippen molar-refractivity contribution in [2.24, 2.45) is 22.9 Å². The Morgan fingerprint density at radius 2 is 1.44 bits per heavy atom. The van der Waals surface area contributed by atoms with Gasteiger partial charge in [0.2, 0.25) is 0 Å². The van der Waals surface area contributed by atoms with Crippen molar-refractivity contribution >= 4 is 0 Å². The number of hydrogen-bond acceptors (Lipinski definition) is 14. The molecular weight excluding hydrogens is 432 g/mol. The summed E-state index contributed by atoms with van der Waals surface area (Å²) in [6, 6.07) is -3.39. The van der Waals surface area contributed by atoms with Gasteiger partial charge in [0.25, 0.3) is 0 Å². The largest absolute Gasteiger partial charge is 0.394 e. The Labute approximate surface area is 185 Å². The van der Waals surface area contributed by atoms with Crippen molar-refractivity contribution in [3.8, 4) is 0 Å². The predicted molar refractivity (Wildman–Crippen MR) is 106 cm³/mol. The molecule has 1 aliphatic carbocycles. The Kier molecular flexibility index (Phi) is 8.44. The lowest BCUT2D eigenvalue weighted by Gasteiger charge is -2.47. The van der Waals surface area contributed by atoms with Crippen LogP contribution in [0.5, 0.6) is 0 Å². The molecule has 32 heavy (non-hydrogen) atoms. The van der Waals surface area contributed by atoms with Crippen LogP contribution in [0, 0.1) is 0 Å². The smallest absolute Gasteiger partial charge is 0.187 e. The molecule has 14 N–H and O–H groups in total. The molecule has 3 aliphatic rings. The Hall–Kier alpha value is -0.560. The molecule has 15 atom stereocenters. The lowest BCUT2D eigenvalue weighted by Crippen LogP contribution is -2.68. The van der Waals surface area contributed by atoms with Crippen molar-refractivity contribution in [1.82, 2.24) is 0 Å². The van der Waals surface area contributed by atoms with Gasteiger partial charge in [0.1, 0.15) is 48.8 Å². The first-order valence-electron chi connectivity index (χ1n) is 10.6. The van der Waals surface area contributed by atoms with Gasteiger partial charge in [-0.3, -0.25) is 0 Å². The average molecular weight is 469 g/mol. The van der Waals surface area contributed by atoms with E-state index in [9.17, 15) is 30.6 Å². The highest BCUT2D eigenvalue weighted by Crippen LogP contribution is 2.32. The minimum absolute atomic E-state index is 0.140. The summed E-state index contributed by atoms with van der Waals surface area (Å²) >= 11 is 0. The maximum Gasteiger partial charge on any atom is 0.187 e. The van der Waals surface area contributed by atoms with Crippen LogP contribution in [0.3, 0.4) is 0 Å². The zero-order chi connectivity index (χ0) is 23.9. The Morgan fingerprint density at radius 1 is 0.812 bits per heavy atom. The molecule has 2 heterocycles. The van der Waals surface area contributed by atoms with E-state index in [1.807, 2.05) is 0 Å². The molecule has 6 unspecified atom stereocenters. The van der Waals surface area contributed by atoms with E-state index in [-0.39, 0.29) is 6.42 Å². The first kappa shape index (κ1) is 26.1. The summed E-state index contributed by atoms with van der Waals surface area (Å²) in [6.45, 7) is 0.989. The van der Waals surface area contributed by atoms with Crippen molar-refractivity contribution in [3.63, 3.8) is 0 Å². The van der Waals surface area contributed by atoms with Crippen LogP contribution in [0.2, 0.25) is 0 Å². The maximum atomic E-state index is 10.7. The van der Waals surface area contributed by atoms with Crippen LogP contribution in [-0.4, -0.2) is 129 Å². The number of aliphatic hydroxyl groups is 6. The highest BCUT2D eigenvalue weighted by atomic mass is 16.7. The standard InChI is InChI=1S/C18H36N4O10/c1-4(19)14-12(27)13(28)18(30-14)32-16-9(24)5(20)2-6(21)15(16)31-17-8(22)11(26)10(25)7(3-23)29-17/h4-18,23-28H,2-3,19-22H2,1H3/t4-,5-,6?,7?,8?,9?,10-,11-,12?,13+,14-,15-,16?,17-,18+/m1/s1. The number of aliphatic hydroxyl groups excluding tert-OH is 6. The fourth-order valence-electron chi connectivity index (χ4n) is 4.36. The van der Waals surface area contributed by atoms with E-state index in [0.29, 0.717) is 0 Å². The first-order valence-corrected chi connectivity index (χ1v) is 10.6. The summed E-state index contributed by atoms with van der Waals surface area (Å²) in [5, 5.41) is 60.8. The van der Waals surface area contributed by atoms with Gasteiger partial charge in [-0.2, -0.15) is 0 Å². The summed E-state index contributed by atoms with van der Waals surface area (Å²) in [4.78, 5) is 0. The second-order valence-electron chi connectivity index (χ2n) is 8.85. The quantitative estimate of drug-likeness (QED) is 0.174. The van der Waals surface area contributed by atoms with Crippen molar-refractivity contribution < 1.29 is 49.6 Å². The van der Waals surface area contributed by atoms with Gasteiger partial charge in [0.15, 0.2) is 12.6 Å². The van der Waals surface area contributed by atoms with Crippen molar-refractivity contribution in [3.05, 3.63) is 0 Å². The van der Waals surface area contributed by atoms with Gasteiger partial charge in [-0.15, -0.1) is 0 Å². The van der Waals surface area contributed by atoms with Gasteiger partial charge in [0, 0.05) is 18.1 Å². The third-order valence-corrected chi connectivity index (χ3v) is 6.35. The highest BCUT2D eigenvalue weighted by Gasteiger charge is 2.52. The van der Waals surface area contributed by atoms with E-state index in [1.54, 1.807) is 6.92 Å². The molecule has 0 spiro atoms. The van der Waals surface area contributed by atoms with Gasteiger partial charge in [-0.05, 0) is 13.3 Å². The summed E-state index contributed by atoms with van der Waals surface area (Å²) in [7, 11) is 0. The third-order valence-electron chi connectivity index (χ3n) is 6.35. The fraction of sp³-hybridized carbons (Fsp3) is 1.00. The molecule has 0 aromatic heterocycles. The molecule has 0 aromatic rings. The topological polar surface area (TPSA) is 262 Å². The fourth-order valence-corrected chi connectivity index (χ4v) is 4.36. The zero-order valence-corrected chi connectivity index (χ0v) is 17.7. The van der Waals surface area contributed by atoms with Crippen molar-refractivity contribution in [1.29, 1.82) is 0 Å². The van der Waals surface area contributed by atoms with Crippen LogP contribution in [0.15, 0.2) is 0 Å². The second-order valence-corrected chi connectivity index (χ2v) is 8.85. The van der Waals surface area contributed by atoms with Gasteiger partial charge >= 0.3 is 0 Å². The van der Waals surface area contributed by atoms with Gasteiger partial charge in [-0.25, -0.2) is 0 Å². The average Bonchev–Trinajstić information content (AvgIpc) is 3.03. The third kappa shape index (κ3) is 4.94. The van der Waals surface area contributed by atoms with Crippen molar-refractivity contribution in [2.45, 2.75) is 105 Å². The maximum absolute atomic E-state index is 10.7.